The lowest BCUT2D eigenvalue weighted by atomic mass is 9.86. The van der Waals surface area contributed by atoms with E-state index in [0.717, 1.165) is 11.8 Å². The Bertz CT molecular complexity index is 161. The fourth-order valence-corrected chi connectivity index (χ4v) is 3.84. The summed E-state index contributed by atoms with van der Waals surface area (Å²) < 4.78 is 0. The summed E-state index contributed by atoms with van der Waals surface area (Å²) in [6, 6.07) is 0. The second-order valence-electron chi connectivity index (χ2n) is 4.85. The van der Waals surface area contributed by atoms with Crippen molar-refractivity contribution >= 4 is 11.8 Å². The predicted octanol–water partition coefficient (Wildman–Crippen LogP) is 2.13. The molecule has 2 heterocycles. The third-order valence-corrected chi connectivity index (χ3v) is 4.44. The summed E-state index contributed by atoms with van der Waals surface area (Å²) in [5.41, 5.74) is 0.415. The molecule has 1 N–H and O–H groups in total. The summed E-state index contributed by atoms with van der Waals surface area (Å²) in [6.07, 6.45) is 2.85. The highest BCUT2D eigenvalue weighted by Gasteiger charge is 2.35. The lowest BCUT2D eigenvalue weighted by molar-refractivity contribution is 0.366. The Labute approximate surface area is 79.7 Å². The van der Waals surface area contributed by atoms with Crippen LogP contribution in [0.3, 0.4) is 0 Å². The molecule has 2 aliphatic heterocycles. The molecule has 0 aromatic carbocycles. The van der Waals surface area contributed by atoms with Gasteiger partial charge in [0.25, 0.3) is 0 Å². The molecule has 0 radical (unpaired) electrons. The first-order chi connectivity index (χ1) is 5.67. The van der Waals surface area contributed by atoms with Crippen molar-refractivity contribution in [2.75, 3.05) is 18.1 Å². The largest absolute Gasteiger partial charge is 0.311 e. The standard InChI is InChI=1S/C10H19NS/c1-10(2)5-9(6-11-10)8-3-4-12-7-8/h8-9,11H,3-7H2,1-2H3. The molecule has 0 aromatic heterocycles. The van der Waals surface area contributed by atoms with Crippen molar-refractivity contribution in [3.8, 4) is 0 Å². The van der Waals surface area contributed by atoms with Crippen molar-refractivity contribution < 1.29 is 0 Å². The Kier molecular flexibility index (Phi) is 2.39. The third-order valence-electron chi connectivity index (χ3n) is 3.25. The maximum atomic E-state index is 3.61. The van der Waals surface area contributed by atoms with Gasteiger partial charge in [0, 0.05) is 5.54 Å². The van der Waals surface area contributed by atoms with Gasteiger partial charge in [-0.1, -0.05) is 0 Å². The minimum Gasteiger partial charge on any atom is -0.311 e. The summed E-state index contributed by atoms with van der Waals surface area (Å²) in [5, 5.41) is 3.61. The van der Waals surface area contributed by atoms with Gasteiger partial charge < -0.3 is 5.32 Å². The fraction of sp³-hybridized carbons (Fsp3) is 1.00. The average Bonchev–Trinajstić information content (AvgIpc) is 2.55. The van der Waals surface area contributed by atoms with Crippen LogP contribution in [0.4, 0.5) is 0 Å². The quantitative estimate of drug-likeness (QED) is 0.671. The molecule has 2 rings (SSSR count). The van der Waals surface area contributed by atoms with E-state index in [0.29, 0.717) is 5.54 Å². The van der Waals surface area contributed by atoms with E-state index in [2.05, 4.69) is 30.9 Å². The van der Waals surface area contributed by atoms with Gasteiger partial charge >= 0.3 is 0 Å². The summed E-state index contributed by atoms with van der Waals surface area (Å²) in [5.74, 6) is 4.81. The zero-order valence-corrected chi connectivity index (χ0v) is 8.91. The molecule has 0 aromatic rings. The Balaban J connectivity index is 1.90. The van der Waals surface area contributed by atoms with Crippen molar-refractivity contribution in [1.82, 2.24) is 5.32 Å². The van der Waals surface area contributed by atoms with Crippen LogP contribution >= 0.6 is 11.8 Å². The zero-order valence-electron chi connectivity index (χ0n) is 8.10. The van der Waals surface area contributed by atoms with E-state index in [-0.39, 0.29) is 0 Å². The lowest BCUT2D eigenvalue weighted by Gasteiger charge is -2.19. The van der Waals surface area contributed by atoms with Crippen molar-refractivity contribution in [2.45, 2.75) is 32.2 Å². The van der Waals surface area contributed by atoms with Crippen LogP contribution in [0.25, 0.3) is 0 Å². The third kappa shape index (κ3) is 1.80. The molecule has 2 fully saturated rings. The molecule has 12 heavy (non-hydrogen) atoms. The number of hydrogen-bond acceptors (Lipinski definition) is 2. The van der Waals surface area contributed by atoms with E-state index >= 15 is 0 Å². The highest BCUT2D eigenvalue weighted by molar-refractivity contribution is 7.99. The van der Waals surface area contributed by atoms with E-state index in [1.165, 1.54) is 30.9 Å². The summed E-state index contributed by atoms with van der Waals surface area (Å²) >= 11 is 2.14. The van der Waals surface area contributed by atoms with E-state index in [4.69, 9.17) is 0 Å². The maximum Gasteiger partial charge on any atom is 0.0128 e. The Morgan fingerprint density at radius 1 is 1.33 bits per heavy atom. The summed E-state index contributed by atoms with van der Waals surface area (Å²) in [7, 11) is 0. The molecule has 1 nitrogen and oxygen atoms in total. The van der Waals surface area contributed by atoms with Gasteiger partial charge in [0.05, 0.1) is 0 Å². The van der Waals surface area contributed by atoms with Crippen LogP contribution < -0.4 is 5.32 Å². The van der Waals surface area contributed by atoms with Crippen LogP contribution in [0.1, 0.15) is 26.7 Å². The normalized spacial score (nSPS) is 40.5. The van der Waals surface area contributed by atoms with Crippen molar-refractivity contribution in [3.63, 3.8) is 0 Å². The van der Waals surface area contributed by atoms with Gasteiger partial charge in [-0.05, 0) is 56.6 Å². The summed E-state index contributed by atoms with van der Waals surface area (Å²) in [4.78, 5) is 0. The number of rotatable bonds is 1. The molecule has 2 atom stereocenters. The van der Waals surface area contributed by atoms with Gasteiger partial charge in [-0.15, -0.1) is 0 Å². The second-order valence-corrected chi connectivity index (χ2v) is 6.00. The van der Waals surface area contributed by atoms with E-state index in [1.54, 1.807) is 0 Å². The first-order valence-corrected chi connectivity index (χ1v) is 6.16. The minimum atomic E-state index is 0.415. The lowest BCUT2D eigenvalue weighted by Crippen LogP contribution is -2.31. The van der Waals surface area contributed by atoms with Crippen LogP contribution in [-0.4, -0.2) is 23.6 Å². The minimum absolute atomic E-state index is 0.415. The molecular weight excluding hydrogens is 166 g/mol. The first-order valence-electron chi connectivity index (χ1n) is 5.00. The topological polar surface area (TPSA) is 12.0 Å². The van der Waals surface area contributed by atoms with E-state index in [1.807, 2.05) is 0 Å². The SMILES string of the molecule is CC1(C)CC(C2CCSC2)CN1. The molecule has 2 aliphatic rings. The Hall–Kier alpha value is 0.310. The van der Waals surface area contributed by atoms with Gasteiger partial charge in [-0.3, -0.25) is 0 Å². The summed E-state index contributed by atoms with van der Waals surface area (Å²) in [6.45, 7) is 5.92. The van der Waals surface area contributed by atoms with Gasteiger partial charge in [-0.25, -0.2) is 0 Å². The number of hydrogen-bond donors (Lipinski definition) is 1. The Morgan fingerprint density at radius 3 is 2.67 bits per heavy atom. The highest BCUT2D eigenvalue weighted by atomic mass is 32.2. The molecular formula is C10H19NS. The molecule has 2 saturated heterocycles. The molecule has 0 spiro atoms. The van der Waals surface area contributed by atoms with Crippen molar-refractivity contribution in [3.05, 3.63) is 0 Å². The average molecular weight is 185 g/mol. The van der Waals surface area contributed by atoms with E-state index in [9.17, 15) is 0 Å². The van der Waals surface area contributed by atoms with Gasteiger partial charge in [0.1, 0.15) is 0 Å². The van der Waals surface area contributed by atoms with Crippen molar-refractivity contribution in [2.24, 2.45) is 11.8 Å². The predicted molar refractivity (Wildman–Crippen MR) is 55.6 cm³/mol. The molecule has 2 heteroatoms. The van der Waals surface area contributed by atoms with Gasteiger partial charge in [-0.2, -0.15) is 11.8 Å². The van der Waals surface area contributed by atoms with Crippen LogP contribution in [0.15, 0.2) is 0 Å². The van der Waals surface area contributed by atoms with Gasteiger partial charge in [0.2, 0.25) is 0 Å². The number of thioether (sulfide) groups is 1. The smallest absolute Gasteiger partial charge is 0.0128 e. The van der Waals surface area contributed by atoms with Gasteiger partial charge in [0.15, 0.2) is 0 Å². The zero-order chi connectivity index (χ0) is 8.60. The van der Waals surface area contributed by atoms with Crippen molar-refractivity contribution in [1.29, 1.82) is 0 Å². The first kappa shape index (κ1) is 8.89. The highest BCUT2D eigenvalue weighted by Crippen LogP contribution is 2.36. The molecule has 0 saturated carbocycles. The van der Waals surface area contributed by atoms with Crippen LogP contribution in [-0.2, 0) is 0 Å². The maximum absolute atomic E-state index is 3.61. The van der Waals surface area contributed by atoms with Crippen LogP contribution in [0, 0.1) is 11.8 Å². The fourth-order valence-electron chi connectivity index (χ4n) is 2.47. The molecule has 0 aliphatic carbocycles. The monoisotopic (exact) mass is 185 g/mol. The van der Waals surface area contributed by atoms with E-state index < -0.39 is 0 Å². The molecule has 2 unspecified atom stereocenters. The molecule has 0 bridgehead atoms. The second kappa shape index (κ2) is 3.22. The molecule has 0 amide bonds. The Morgan fingerprint density at radius 2 is 2.17 bits per heavy atom. The molecule has 70 valence electrons. The number of nitrogens with one attached hydrogen (secondary N) is 1. The van der Waals surface area contributed by atoms with Crippen LogP contribution in [0.2, 0.25) is 0 Å². The van der Waals surface area contributed by atoms with Crippen LogP contribution in [0.5, 0.6) is 0 Å².